The monoisotopic (exact) mass is 163 g/mol. The number of benzene rings is 1. The minimum absolute atomic E-state index is 0.433. The molecule has 0 radical (unpaired) electrons. The van der Waals surface area contributed by atoms with E-state index in [-0.39, 0.29) is 0 Å². The lowest BCUT2D eigenvalue weighted by Crippen LogP contribution is -2.19. The summed E-state index contributed by atoms with van der Waals surface area (Å²) in [5.74, 6) is 0. The fourth-order valence-electron chi connectivity index (χ4n) is 1.04. The molecule has 0 aromatic heterocycles. The molecule has 0 unspecified atom stereocenters. The van der Waals surface area contributed by atoms with E-state index in [0.29, 0.717) is 16.2 Å². The molecule has 0 aliphatic carbocycles. The number of para-hydroxylation sites is 1. The van der Waals surface area contributed by atoms with Gasteiger partial charge in [0.15, 0.2) is 4.99 Å². The van der Waals surface area contributed by atoms with E-state index in [1.54, 1.807) is 6.08 Å². The van der Waals surface area contributed by atoms with Crippen molar-refractivity contribution < 1.29 is 4.21 Å². The normalized spacial score (nSPS) is 13.3. The Labute approximate surface area is 67.0 Å². The molecule has 2 nitrogen and oxygen atoms in total. The lowest BCUT2D eigenvalue weighted by atomic mass is 10.3. The Morgan fingerprint density at radius 2 is 2.09 bits per heavy atom. The van der Waals surface area contributed by atoms with Gasteiger partial charge in [0.1, 0.15) is 11.3 Å². The summed E-state index contributed by atoms with van der Waals surface area (Å²) in [4.78, 5) is 4.63. The number of rotatable bonds is 0. The molecule has 1 aromatic carbocycles. The molecule has 1 aromatic rings. The van der Waals surface area contributed by atoms with Crippen LogP contribution in [0.1, 0.15) is 0 Å². The summed E-state index contributed by atoms with van der Waals surface area (Å²) < 4.78 is 10.4. The van der Waals surface area contributed by atoms with E-state index in [9.17, 15) is 4.21 Å². The largest absolute Gasteiger partial charge is 0.234 e. The maximum atomic E-state index is 10.4. The molecule has 54 valence electrons. The SMILES string of the molecule is O=S=C1C=c2ccccc2=N1. The molecule has 0 fully saturated rings. The molecule has 0 saturated heterocycles. The van der Waals surface area contributed by atoms with Crippen molar-refractivity contribution in [3.63, 3.8) is 0 Å². The van der Waals surface area contributed by atoms with E-state index in [4.69, 9.17) is 0 Å². The molecule has 1 heterocycles. The van der Waals surface area contributed by atoms with E-state index in [1.807, 2.05) is 24.3 Å². The molecule has 2 rings (SSSR count). The number of hydrogen-bond acceptors (Lipinski definition) is 1. The Morgan fingerprint density at radius 3 is 2.82 bits per heavy atom. The van der Waals surface area contributed by atoms with Gasteiger partial charge in [-0.2, -0.15) is 0 Å². The van der Waals surface area contributed by atoms with Crippen molar-refractivity contribution in [3.8, 4) is 0 Å². The summed E-state index contributed by atoms with van der Waals surface area (Å²) in [5, 5.41) is 1.93. The molecule has 0 saturated carbocycles. The van der Waals surface area contributed by atoms with Gasteiger partial charge in [-0.15, -0.1) is 0 Å². The van der Waals surface area contributed by atoms with Gasteiger partial charge in [0.2, 0.25) is 0 Å². The highest BCUT2D eigenvalue weighted by Gasteiger charge is 1.98. The molecule has 0 spiro atoms. The third-order valence-corrected chi connectivity index (χ3v) is 1.91. The maximum Gasteiger partial charge on any atom is 0.157 e. The number of fused-ring (bicyclic) bond motifs is 1. The first-order valence-corrected chi connectivity index (χ1v) is 3.96. The van der Waals surface area contributed by atoms with Crippen LogP contribution in [0.15, 0.2) is 29.3 Å². The lowest BCUT2D eigenvalue weighted by molar-refractivity contribution is 0.701. The van der Waals surface area contributed by atoms with Gasteiger partial charge in [-0.1, -0.05) is 18.2 Å². The molecule has 1 aliphatic rings. The number of hydrogen-bond donors (Lipinski definition) is 0. The Hall–Kier alpha value is -1.22. The standard InChI is InChI=1S/C8H5NOS/c10-11-8-5-6-3-1-2-4-7(6)9-8/h1-5H. The van der Waals surface area contributed by atoms with Crippen LogP contribution in [0.5, 0.6) is 0 Å². The highest BCUT2D eigenvalue weighted by Crippen LogP contribution is 1.83. The van der Waals surface area contributed by atoms with Gasteiger partial charge in [0.05, 0.1) is 5.36 Å². The van der Waals surface area contributed by atoms with Crippen LogP contribution in [0.2, 0.25) is 0 Å². The van der Waals surface area contributed by atoms with Gasteiger partial charge >= 0.3 is 0 Å². The molecule has 0 atom stereocenters. The van der Waals surface area contributed by atoms with Crippen LogP contribution in [-0.2, 0) is 11.3 Å². The minimum atomic E-state index is 0.433. The second-order valence-electron chi connectivity index (χ2n) is 2.24. The van der Waals surface area contributed by atoms with E-state index < -0.39 is 0 Å². The van der Waals surface area contributed by atoms with Crippen LogP contribution in [0.25, 0.3) is 6.08 Å². The average molecular weight is 163 g/mol. The van der Waals surface area contributed by atoms with Crippen molar-refractivity contribution in [2.75, 3.05) is 0 Å². The predicted molar refractivity (Wildman–Crippen MR) is 44.8 cm³/mol. The van der Waals surface area contributed by atoms with Gasteiger partial charge in [0, 0.05) is 5.22 Å². The molecule has 0 N–H and O–H groups in total. The van der Waals surface area contributed by atoms with Crippen molar-refractivity contribution in [3.05, 3.63) is 34.8 Å². The van der Waals surface area contributed by atoms with Crippen LogP contribution in [0, 0.1) is 0 Å². The fraction of sp³-hybridized carbons (Fsp3) is 0. The van der Waals surface area contributed by atoms with Gasteiger partial charge in [0.25, 0.3) is 0 Å². The zero-order valence-corrected chi connectivity index (χ0v) is 6.47. The Kier molecular flexibility index (Phi) is 1.43. The minimum Gasteiger partial charge on any atom is -0.234 e. The van der Waals surface area contributed by atoms with Crippen LogP contribution < -0.4 is 10.6 Å². The number of nitrogens with zero attached hydrogens (tertiary/aromatic N) is 1. The van der Waals surface area contributed by atoms with Crippen molar-refractivity contribution >= 4 is 22.3 Å². The van der Waals surface area contributed by atoms with Crippen LogP contribution in [0.4, 0.5) is 0 Å². The Balaban J connectivity index is 2.91. The highest BCUT2D eigenvalue weighted by molar-refractivity contribution is 7.67. The highest BCUT2D eigenvalue weighted by atomic mass is 32.1. The summed E-state index contributed by atoms with van der Waals surface area (Å²) in [7, 11) is 0. The van der Waals surface area contributed by atoms with Gasteiger partial charge in [-0.25, -0.2) is 9.20 Å². The topological polar surface area (TPSA) is 29.4 Å². The Morgan fingerprint density at radius 1 is 1.27 bits per heavy atom. The smallest absolute Gasteiger partial charge is 0.157 e. The fourth-order valence-corrected chi connectivity index (χ4v) is 1.35. The summed E-state index contributed by atoms with van der Waals surface area (Å²) in [5.41, 5.74) is 0. The van der Waals surface area contributed by atoms with Gasteiger partial charge in [-0.05, 0) is 12.1 Å². The summed E-state index contributed by atoms with van der Waals surface area (Å²) in [6.45, 7) is 0. The van der Waals surface area contributed by atoms with Crippen LogP contribution >= 0.6 is 0 Å². The first-order chi connectivity index (χ1) is 5.40. The van der Waals surface area contributed by atoms with Gasteiger partial charge in [-0.3, -0.25) is 0 Å². The van der Waals surface area contributed by atoms with Crippen LogP contribution in [0.3, 0.4) is 0 Å². The van der Waals surface area contributed by atoms with Crippen molar-refractivity contribution in [2.45, 2.75) is 0 Å². The maximum absolute atomic E-state index is 10.4. The third-order valence-electron chi connectivity index (χ3n) is 1.53. The second-order valence-corrected chi connectivity index (χ2v) is 2.82. The molecule has 0 amide bonds. The quantitative estimate of drug-likeness (QED) is 0.471. The molecule has 0 bridgehead atoms. The summed E-state index contributed by atoms with van der Waals surface area (Å²) in [6.07, 6.45) is 1.80. The van der Waals surface area contributed by atoms with E-state index >= 15 is 0 Å². The molecule has 3 heteroatoms. The zero-order chi connectivity index (χ0) is 7.68. The molecule has 1 aliphatic heterocycles. The second kappa shape index (κ2) is 2.43. The molecular formula is C8H5NOS. The van der Waals surface area contributed by atoms with Gasteiger partial charge < -0.3 is 0 Å². The van der Waals surface area contributed by atoms with Crippen LogP contribution in [-0.4, -0.2) is 9.20 Å². The molecule has 11 heavy (non-hydrogen) atoms. The Bertz CT molecular complexity index is 420. The summed E-state index contributed by atoms with van der Waals surface area (Å²) >= 11 is 0.433. The zero-order valence-electron chi connectivity index (χ0n) is 5.65. The van der Waals surface area contributed by atoms with E-state index in [0.717, 1.165) is 10.6 Å². The van der Waals surface area contributed by atoms with Crippen molar-refractivity contribution in [1.82, 2.24) is 0 Å². The molecular weight excluding hydrogens is 158 g/mol. The van der Waals surface area contributed by atoms with Crippen molar-refractivity contribution in [1.29, 1.82) is 0 Å². The van der Waals surface area contributed by atoms with Crippen molar-refractivity contribution in [2.24, 2.45) is 4.99 Å². The first kappa shape index (κ1) is 6.49. The summed E-state index contributed by atoms with van der Waals surface area (Å²) in [6, 6.07) is 7.69. The average Bonchev–Trinajstić information content (AvgIpc) is 2.46. The lowest BCUT2D eigenvalue weighted by Gasteiger charge is -1.77. The van der Waals surface area contributed by atoms with E-state index in [2.05, 4.69) is 4.99 Å². The predicted octanol–water partition coefficient (Wildman–Crippen LogP) is -0.557. The first-order valence-electron chi connectivity index (χ1n) is 3.22. The van der Waals surface area contributed by atoms with E-state index in [1.165, 1.54) is 0 Å². The third kappa shape index (κ3) is 1.03.